The summed E-state index contributed by atoms with van der Waals surface area (Å²) >= 11 is 1.55. The molecule has 6 heteroatoms. The van der Waals surface area contributed by atoms with Gasteiger partial charge in [-0.05, 0) is 19.1 Å². The lowest BCUT2D eigenvalue weighted by Gasteiger charge is -1.95. The molecular weight excluding hydrogens is 248 g/mol. The molecule has 0 radical (unpaired) electrons. The maximum absolute atomic E-state index is 5.72. The third-order valence-corrected chi connectivity index (χ3v) is 3.18. The van der Waals surface area contributed by atoms with E-state index in [0.29, 0.717) is 23.1 Å². The Balaban J connectivity index is 1.99. The van der Waals surface area contributed by atoms with Crippen molar-refractivity contribution in [2.45, 2.75) is 6.92 Å². The molecule has 0 unspecified atom stereocenters. The number of rotatable bonds is 2. The van der Waals surface area contributed by atoms with E-state index < -0.39 is 0 Å². The maximum atomic E-state index is 5.72. The van der Waals surface area contributed by atoms with Crippen molar-refractivity contribution >= 4 is 17.0 Å². The topological polar surface area (TPSA) is 77.8 Å². The zero-order valence-electron chi connectivity index (χ0n) is 9.62. The smallest absolute Gasteiger partial charge is 0.277 e. The standard InChI is InChI=1S/C12H10N4OS/c1-7-14-10(6-18-7)12-15-11(16-17-12)8-3-2-4-9(13)5-8/h2-6H,13H2,1H3. The molecule has 0 aliphatic heterocycles. The van der Waals surface area contributed by atoms with Gasteiger partial charge in [0.15, 0.2) is 0 Å². The number of nitrogen functional groups attached to an aromatic ring is 1. The van der Waals surface area contributed by atoms with Crippen LogP contribution in [0, 0.1) is 6.92 Å². The predicted octanol–water partition coefficient (Wildman–Crippen LogP) is 2.75. The molecule has 0 aliphatic rings. The maximum Gasteiger partial charge on any atom is 0.277 e. The van der Waals surface area contributed by atoms with Crippen molar-refractivity contribution in [1.82, 2.24) is 15.1 Å². The second-order valence-corrected chi connectivity index (χ2v) is 4.86. The molecule has 0 atom stereocenters. The Bertz CT molecular complexity index is 689. The zero-order chi connectivity index (χ0) is 12.5. The molecule has 2 N–H and O–H groups in total. The molecule has 3 aromatic rings. The predicted molar refractivity (Wildman–Crippen MR) is 70.0 cm³/mol. The van der Waals surface area contributed by atoms with Crippen LogP contribution in [-0.2, 0) is 0 Å². The van der Waals surface area contributed by atoms with Gasteiger partial charge < -0.3 is 10.3 Å². The highest BCUT2D eigenvalue weighted by molar-refractivity contribution is 7.09. The van der Waals surface area contributed by atoms with Gasteiger partial charge in [0, 0.05) is 16.6 Å². The number of nitrogens with zero attached hydrogens (tertiary/aromatic N) is 3. The molecule has 0 amide bonds. The molecule has 0 spiro atoms. The third-order valence-electron chi connectivity index (χ3n) is 2.41. The molecule has 5 nitrogen and oxygen atoms in total. The molecule has 0 bridgehead atoms. The molecular formula is C12H10N4OS. The average molecular weight is 258 g/mol. The molecule has 2 heterocycles. The molecule has 90 valence electrons. The Kier molecular flexibility index (Phi) is 2.56. The summed E-state index contributed by atoms with van der Waals surface area (Å²) in [6.45, 7) is 1.93. The van der Waals surface area contributed by atoms with Gasteiger partial charge in [-0.25, -0.2) is 4.98 Å². The second-order valence-electron chi connectivity index (χ2n) is 3.80. The fourth-order valence-electron chi connectivity index (χ4n) is 1.58. The number of hydrogen-bond acceptors (Lipinski definition) is 6. The lowest BCUT2D eigenvalue weighted by molar-refractivity contribution is 0.431. The summed E-state index contributed by atoms with van der Waals surface area (Å²) in [5.74, 6) is 0.944. The molecule has 0 aliphatic carbocycles. The van der Waals surface area contributed by atoms with Gasteiger partial charge in [-0.1, -0.05) is 17.3 Å². The van der Waals surface area contributed by atoms with Crippen molar-refractivity contribution in [2.75, 3.05) is 5.73 Å². The van der Waals surface area contributed by atoms with Gasteiger partial charge in [0.2, 0.25) is 5.82 Å². The van der Waals surface area contributed by atoms with Gasteiger partial charge >= 0.3 is 0 Å². The number of nitrogens with two attached hydrogens (primary N) is 1. The number of aryl methyl sites for hydroxylation is 1. The molecule has 18 heavy (non-hydrogen) atoms. The Morgan fingerprint density at radius 2 is 2.17 bits per heavy atom. The summed E-state index contributed by atoms with van der Waals surface area (Å²) in [6.07, 6.45) is 0. The summed E-state index contributed by atoms with van der Waals surface area (Å²) in [6, 6.07) is 7.36. The van der Waals surface area contributed by atoms with Crippen molar-refractivity contribution in [3.63, 3.8) is 0 Å². The van der Waals surface area contributed by atoms with E-state index in [-0.39, 0.29) is 0 Å². The van der Waals surface area contributed by atoms with Crippen LogP contribution in [-0.4, -0.2) is 15.1 Å². The summed E-state index contributed by atoms with van der Waals surface area (Å²) in [5, 5.41) is 6.80. The van der Waals surface area contributed by atoms with Gasteiger partial charge in [-0.15, -0.1) is 11.3 Å². The first kappa shape index (κ1) is 10.9. The number of aromatic nitrogens is 3. The monoisotopic (exact) mass is 258 g/mol. The normalized spacial score (nSPS) is 10.7. The Morgan fingerprint density at radius 3 is 2.89 bits per heavy atom. The van der Waals surface area contributed by atoms with Crippen LogP contribution in [0.15, 0.2) is 34.2 Å². The van der Waals surface area contributed by atoms with Gasteiger partial charge in [0.1, 0.15) is 5.69 Å². The number of benzene rings is 1. The minimum absolute atomic E-state index is 0.428. The van der Waals surface area contributed by atoms with E-state index in [1.54, 1.807) is 17.4 Å². The summed E-state index contributed by atoms with van der Waals surface area (Å²) in [7, 11) is 0. The Labute approximate surface area is 107 Å². The largest absolute Gasteiger partial charge is 0.399 e. The van der Waals surface area contributed by atoms with E-state index in [1.165, 1.54) is 0 Å². The van der Waals surface area contributed by atoms with Crippen LogP contribution in [0.4, 0.5) is 5.69 Å². The van der Waals surface area contributed by atoms with Crippen molar-refractivity contribution in [2.24, 2.45) is 0 Å². The van der Waals surface area contributed by atoms with Crippen molar-refractivity contribution < 1.29 is 4.52 Å². The third kappa shape index (κ3) is 1.98. The fraction of sp³-hybridized carbons (Fsp3) is 0.0833. The number of hydrogen-bond donors (Lipinski definition) is 1. The minimum Gasteiger partial charge on any atom is -0.399 e. The Hall–Kier alpha value is -2.21. The van der Waals surface area contributed by atoms with Gasteiger partial charge in [0.05, 0.1) is 5.01 Å². The van der Waals surface area contributed by atoms with Crippen LogP contribution in [0.3, 0.4) is 0 Å². The van der Waals surface area contributed by atoms with Crippen LogP contribution in [0.1, 0.15) is 5.01 Å². The lowest BCUT2D eigenvalue weighted by Crippen LogP contribution is -1.86. The van der Waals surface area contributed by atoms with E-state index in [0.717, 1.165) is 10.6 Å². The van der Waals surface area contributed by atoms with E-state index in [4.69, 9.17) is 10.3 Å². The molecule has 2 aromatic heterocycles. The first-order valence-corrected chi connectivity index (χ1v) is 6.22. The van der Waals surface area contributed by atoms with Crippen LogP contribution < -0.4 is 5.73 Å². The van der Waals surface area contributed by atoms with Crippen LogP contribution in [0.25, 0.3) is 23.0 Å². The van der Waals surface area contributed by atoms with Crippen LogP contribution in [0.2, 0.25) is 0 Å². The summed E-state index contributed by atoms with van der Waals surface area (Å²) < 4.78 is 5.20. The number of thiazole rings is 1. The molecule has 0 saturated heterocycles. The SMILES string of the molecule is Cc1nc(-c2nc(-c3cccc(N)c3)no2)cs1. The molecule has 0 saturated carbocycles. The zero-order valence-corrected chi connectivity index (χ0v) is 10.4. The van der Waals surface area contributed by atoms with E-state index in [1.807, 2.05) is 30.5 Å². The van der Waals surface area contributed by atoms with Gasteiger partial charge in [0.25, 0.3) is 5.89 Å². The Morgan fingerprint density at radius 1 is 1.28 bits per heavy atom. The minimum atomic E-state index is 0.428. The van der Waals surface area contributed by atoms with Gasteiger partial charge in [-0.3, -0.25) is 0 Å². The van der Waals surface area contributed by atoms with Gasteiger partial charge in [-0.2, -0.15) is 4.98 Å². The van der Waals surface area contributed by atoms with Crippen LogP contribution >= 0.6 is 11.3 Å². The molecule has 3 rings (SSSR count). The van der Waals surface area contributed by atoms with E-state index in [2.05, 4.69) is 15.1 Å². The van der Waals surface area contributed by atoms with E-state index in [9.17, 15) is 0 Å². The van der Waals surface area contributed by atoms with Crippen molar-refractivity contribution in [1.29, 1.82) is 0 Å². The summed E-state index contributed by atoms with van der Waals surface area (Å²) in [4.78, 5) is 8.62. The highest BCUT2D eigenvalue weighted by atomic mass is 32.1. The highest BCUT2D eigenvalue weighted by Gasteiger charge is 2.12. The first-order chi connectivity index (χ1) is 8.72. The highest BCUT2D eigenvalue weighted by Crippen LogP contribution is 2.24. The molecule has 0 fully saturated rings. The number of anilines is 1. The van der Waals surface area contributed by atoms with Crippen LogP contribution in [0.5, 0.6) is 0 Å². The fourth-order valence-corrected chi connectivity index (χ4v) is 2.17. The quantitative estimate of drug-likeness (QED) is 0.715. The van der Waals surface area contributed by atoms with Crippen molar-refractivity contribution in [3.05, 3.63) is 34.7 Å². The van der Waals surface area contributed by atoms with Crippen molar-refractivity contribution in [3.8, 4) is 23.0 Å². The summed E-state index contributed by atoms with van der Waals surface area (Å²) in [5.41, 5.74) is 7.93. The second kappa shape index (κ2) is 4.23. The molecule has 1 aromatic carbocycles. The lowest BCUT2D eigenvalue weighted by atomic mass is 10.2. The first-order valence-electron chi connectivity index (χ1n) is 5.34. The average Bonchev–Trinajstić information content (AvgIpc) is 2.97. The van der Waals surface area contributed by atoms with E-state index >= 15 is 0 Å².